The Morgan fingerprint density at radius 2 is 1.87 bits per heavy atom. The van der Waals surface area contributed by atoms with Crippen molar-refractivity contribution in [2.45, 2.75) is 72.1 Å². The van der Waals surface area contributed by atoms with Crippen LogP contribution in [0.3, 0.4) is 0 Å². The molecule has 1 atom stereocenters. The maximum Gasteiger partial charge on any atom is 0.136 e. The maximum atomic E-state index is 12.0. The third kappa shape index (κ3) is 2.62. The number of Topliss-reactive ketones (excluding diaryl/α,β-unsaturated/α-hetero) is 1. The highest BCUT2D eigenvalue weighted by Crippen LogP contribution is 2.45. The van der Waals surface area contributed by atoms with E-state index in [-0.39, 0.29) is 0 Å². The van der Waals surface area contributed by atoms with Crippen molar-refractivity contribution < 1.29 is 4.79 Å². The molecule has 1 fully saturated rings. The molecule has 0 spiro atoms. The molecule has 0 heterocycles. The van der Waals surface area contributed by atoms with E-state index in [1.54, 1.807) is 0 Å². The number of hydrogen-bond donors (Lipinski definition) is 0. The molecular weight excluding hydrogens is 184 g/mol. The van der Waals surface area contributed by atoms with Crippen LogP contribution in [0.1, 0.15) is 72.1 Å². The lowest BCUT2D eigenvalue weighted by Crippen LogP contribution is -2.37. The van der Waals surface area contributed by atoms with E-state index in [0.717, 1.165) is 19.3 Å². The number of ketones is 1. The number of rotatable bonds is 5. The van der Waals surface area contributed by atoms with Crippen molar-refractivity contribution in [1.82, 2.24) is 0 Å². The van der Waals surface area contributed by atoms with Gasteiger partial charge in [0.2, 0.25) is 0 Å². The molecule has 1 rings (SSSR count). The first-order valence-corrected chi connectivity index (χ1v) is 6.73. The Morgan fingerprint density at radius 1 is 1.20 bits per heavy atom. The number of carbonyl (C=O) groups excluding carboxylic acids is 1. The van der Waals surface area contributed by atoms with Crippen LogP contribution in [0, 0.1) is 11.3 Å². The van der Waals surface area contributed by atoms with Crippen LogP contribution in [0.2, 0.25) is 0 Å². The second kappa shape index (κ2) is 5.67. The predicted octanol–water partition coefficient (Wildman–Crippen LogP) is 4.35. The average Bonchev–Trinajstić information content (AvgIpc) is 2.27. The molecule has 1 aliphatic rings. The summed E-state index contributed by atoms with van der Waals surface area (Å²) in [4.78, 5) is 12.0. The van der Waals surface area contributed by atoms with Gasteiger partial charge in [-0.1, -0.05) is 33.6 Å². The topological polar surface area (TPSA) is 17.1 Å². The van der Waals surface area contributed by atoms with Crippen molar-refractivity contribution in [3.63, 3.8) is 0 Å². The Morgan fingerprint density at radius 3 is 2.33 bits per heavy atom. The molecule has 1 nitrogen and oxygen atoms in total. The molecule has 0 aromatic rings. The van der Waals surface area contributed by atoms with E-state index in [1.807, 2.05) is 0 Å². The molecule has 0 saturated heterocycles. The smallest absolute Gasteiger partial charge is 0.136 e. The van der Waals surface area contributed by atoms with E-state index in [1.165, 1.54) is 32.1 Å². The van der Waals surface area contributed by atoms with Gasteiger partial charge in [-0.3, -0.25) is 4.79 Å². The van der Waals surface area contributed by atoms with Gasteiger partial charge in [0.15, 0.2) is 0 Å². The summed E-state index contributed by atoms with van der Waals surface area (Å²) in [5.41, 5.74) is 0.326. The zero-order valence-electron chi connectivity index (χ0n) is 10.6. The standard InChI is InChI=1S/C14H26O/c1-4-11-14(5-2,6-3)12-9-7-8-10-13(12)15/h12H,4-11H2,1-3H3. The molecule has 88 valence electrons. The first-order chi connectivity index (χ1) is 7.20. The second-order valence-corrected chi connectivity index (χ2v) is 5.08. The molecule has 0 amide bonds. The van der Waals surface area contributed by atoms with E-state index >= 15 is 0 Å². The zero-order valence-corrected chi connectivity index (χ0v) is 10.6. The van der Waals surface area contributed by atoms with Gasteiger partial charge in [-0.15, -0.1) is 0 Å². The van der Waals surface area contributed by atoms with Crippen molar-refractivity contribution in [2.24, 2.45) is 11.3 Å². The summed E-state index contributed by atoms with van der Waals surface area (Å²) in [5.74, 6) is 0.930. The van der Waals surface area contributed by atoms with E-state index in [4.69, 9.17) is 0 Å². The van der Waals surface area contributed by atoms with Crippen molar-refractivity contribution in [3.05, 3.63) is 0 Å². The number of hydrogen-bond acceptors (Lipinski definition) is 1. The highest BCUT2D eigenvalue weighted by Gasteiger charge is 2.39. The van der Waals surface area contributed by atoms with Crippen LogP contribution >= 0.6 is 0 Å². The van der Waals surface area contributed by atoms with Gasteiger partial charge in [-0.2, -0.15) is 0 Å². The average molecular weight is 210 g/mol. The lowest BCUT2D eigenvalue weighted by molar-refractivity contribution is -0.130. The monoisotopic (exact) mass is 210 g/mol. The largest absolute Gasteiger partial charge is 0.299 e. The van der Waals surface area contributed by atoms with Gasteiger partial charge < -0.3 is 0 Å². The molecule has 1 heteroatoms. The third-order valence-corrected chi connectivity index (χ3v) is 4.45. The summed E-state index contributed by atoms with van der Waals surface area (Å²) in [5, 5.41) is 0. The molecule has 1 unspecified atom stereocenters. The third-order valence-electron chi connectivity index (χ3n) is 4.45. The van der Waals surface area contributed by atoms with Gasteiger partial charge in [-0.25, -0.2) is 0 Å². The summed E-state index contributed by atoms with van der Waals surface area (Å²) in [7, 11) is 0. The molecular formula is C14H26O. The molecule has 1 saturated carbocycles. The summed E-state index contributed by atoms with van der Waals surface area (Å²) in [6.45, 7) is 6.77. The molecule has 0 aliphatic heterocycles. The van der Waals surface area contributed by atoms with Crippen LogP contribution in [0.4, 0.5) is 0 Å². The van der Waals surface area contributed by atoms with E-state index < -0.39 is 0 Å². The maximum absolute atomic E-state index is 12.0. The Kier molecular flexibility index (Phi) is 4.82. The minimum absolute atomic E-state index is 0.326. The van der Waals surface area contributed by atoms with Gasteiger partial charge >= 0.3 is 0 Å². The molecule has 15 heavy (non-hydrogen) atoms. The molecule has 0 aromatic heterocycles. The fourth-order valence-corrected chi connectivity index (χ4v) is 3.40. The predicted molar refractivity (Wildman–Crippen MR) is 64.9 cm³/mol. The van der Waals surface area contributed by atoms with Crippen LogP contribution in [-0.4, -0.2) is 5.78 Å². The first-order valence-electron chi connectivity index (χ1n) is 6.73. The Bertz CT molecular complexity index is 203. The summed E-state index contributed by atoms with van der Waals surface area (Å²) < 4.78 is 0. The fourth-order valence-electron chi connectivity index (χ4n) is 3.40. The minimum atomic E-state index is 0.326. The highest BCUT2D eigenvalue weighted by molar-refractivity contribution is 5.82. The summed E-state index contributed by atoms with van der Waals surface area (Å²) in [6.07, 6.45) is 9.19. The molecule has 0 bridgehead atoms. The van der Waals surface area contributed by atoms with Gasteiger partial charge in [-0.05, 0) is 37.5 Å². The van der Waals surface area contributed by atoms with Gasteiger partial charge in [0.1, 0.15) is 5.78 Å². The SMILES string of the molecule is CCCC(CC)(CC)C1CCCCC1=O. The zero-order chi connectivity index (χ0) is 11.3. The Labute approximate surface area is 94.6 Å². The van der Waals surface area contributed by atoms with Crippen LogP contribution in [-0.2, 0) is 4.79 Å². The lowest BCUT2D eigenvalue weighted by Gasteiger charge is -2.40. The normalized spacial score (nSPS) is 23.1. The van der Waals surface area contributed by atoms with E-state index in [2.05, 4.69) is 20.8 Å². The van der Waals surface area contributed by atoms with Gasteiger partial charge in [0.05, 0.1) is 0 Å². The first kappa shape index (κ1) is 12.7. The molecule has 0 radical (unpaired) electrons. The van der Waals surface area contributed by atoms with Gasteiger partial charge in [0.25, 0.3) is 0 Å². The summed E-state index contributed by atoms with van der Waals surface area (Å²) >= 11 is 0. The van der Waals surface area contributed by atoms with Crippen LogP contribution < -0.4 is 0 Å². The summed E-state index contributed by atoms with van der Waals surface area (Å²) in [6, 6.07) is 0. The fraction of sp³-hybridized carbons (Fsp3) is 0.929. The van der Waals surface area contributed by atoms with Crippen LogP contribution in [0.5, 0.6) is 0 Å². The van der Waals surface area contributed by atoms with Crippen LogP contribution in [0.15, 0.2) is 0 Å². The Balaban J connectivity index is 2.80. The van der Waals surface area contributed by atoms with Crippen LogP contribution in [0.25, 0.3) is 0 Å². The number of carbonyl (C=O) groups is 1. The minimum Gasteiger partial charge on any atom is -0.299 e. The van der Waals surface area contributed by atoms with Crippen molar-refractivity contribution in [2.75, 3.05) is 0 Å². The van der Waals surface area contributed by atoms with Gasteiger partial charge in [0, 0.05) is 12.3 Å². The lowest BCUT2D eigenvalue weighted by atomic mass is 9.63. The second-order valence-electron chi connectivity index (χ2n) is 5.08. The van der Waals surface area contributed by atoms with E-state index in [9.17, 15) is 4.79 Å². The highest BCUT2D eigenvalue weighted by atomic mass is 16.1. The van der Waals surface area contributed by atoms with Crippen molar-refractivity contribution in [1.29, 1.82) is 0 Å². The van der Waals surface area contributed by atoms with Crippen molar-refractivity contribution >= 4 is 5.78 Å². The molecule has 0 N–H and O–H groups in total. The van der Waals surface area contributed by atoms with E-state index in [0.29, 0.717) is 17.1 Å². The Hall–Kier alpha value is -0.330. The van der Waals surface area contributed by atoms with Crippen molar-refractivity contribution in [3.8, 4) is 0 Å². The quantitative estimate of drug-likeness (QED) is 0.659. The molecule has 1 aliphatic carbocycles. The molecule has 0 aromatic carbocycles.